The molecule has 8 nitrogen and oxygen atoms in total. The Morgan fingerprint density at radius 3 is 2.47 bits per heavy atom. The summed E-state index contributed by atoms with van der Waals surface area (Å²) in [6, 6.07) is 5.12. The lowest BCUT2D eigenvalue weighted by Gasteiger charge is -2.34. The molecule has 4 rings (SSSR count). The molecule has 0 atom stereocenters. The second-order valence-electron chi connectivity index (χ2n) is 8.89. The molecule has 1 aliphatic carbocycles. The second kappa shape index (κ2) is 9.91. The fourth-order valence-electron chi connectivity index (χ4n) is 5.25. The molecule has 0 bridgehead atoms. The molecule has 0 spiro atoms. The number of fused-ring (bicyclic) bond motifs is 1. The number of rotatable bonds is 7. The van der Waals surface area contributed by atoms with Crippen LogP contribution in [0.25, 0.3) is 0 Å². The minimum absolute atomic E-state index is 0.00965. The van der Waals surface area contributed by atoms with Gasteiger partial charge in [0.05, 0.1) is 13.7 Å². The molecule has 2 aliphatic rings. The van der Waals surface area contributed by atoms with Crippen molar-refractivity contribution in [2.75, 3.05) is 20.4 Å². The van der Waals surface area contributed by atoms with Crippen LogP contribution in [-0.2, 0) is 11.3 Å². The zero-order chi connectivity index (χ0) is 24.4. The molecule has 2 aromatic rings. The molecule has 2 heterocycles. The predicted octanol–water partition coefficient (Wildman–Crippen LogP) is 4.30. The first kappa shape index (κ1) is 23.9. The zero-order valence-electron chi connectivity index (χ0n) is 20.3. The first-order chi connectivity index (χ1) is 16.4. The van der Waals surface area contributed by atoms with E-state index in [1.165, 1.54) is 7.11 Å². The molecule has 0 N–H and O–H groups in total. The summed E-state index contributed by atoms with van der Waals surface area (Å²) < 4.78 is 17.6. The second-order valence-corrected chi connectivity index (χ2v) is 8.89. The molecular weight excluding hydrogens is 436 g/mol. The van der Waals surface area contributed by atoms with Crippen LogP contribution in [-0.4, -0.2) is 53.6 Å². The quantitative estimate of drug-likeness (QED) is 0.445. The first-order valence-electron chi connectivity index (χ1n) is 11.9. The van der Waals surface area contributed by atoms with Gasteiger partial charge >= 0.3 is 5.97 Å². The summed E-state index contributed by atoms with van der Waals surface area (Å²) in [6.45, 7) is 6.14. The SMILES string of the molecule is CCn1c(C)c(C(=O)CN(C(=O)c2ccc3c(c2)OCO3)C2CCCCC2)c(C)c1C(=O)OC. The van der Waals surface area contributed by atoms with Gasteiger partial charge in [-0.05, 0) is 57.4 Å². The largest absolute Gasteiger partial charge is 0.464 e. The number of amides is 1. The van der Waals surface area contributed by atoms with Gasteiger partial charge in [0, 0.05) is 29.4 Å². The van der Waals surface area contributed by atoms with Crippen LogP contribution >= 0.6 is 0 Å². The van der Waals surface area contributed by atoms with Gasteiger partial charge in [-0.2, -0.15) is 0 Å². The van der Waals surface area contributed by atoms with Crippen molar-refractivity contribution in [3.63, 3.8) is 0 Å². The van der Waals surface area contributed by atoms with Crippen molar-refractivity contribution in [3.8, 4) is 11.5 Å². The number of esters is 1. The Bertz CT molecular complexity index is 1110. The van der Waals surface area contributed by atoms with E-state index in [9.17, 15) is 14.4 Å². The number of carbonyl (C=O) groups is 3. The van der Waals surface area contributed by atoms with Crippen LogP contribution in [0.3, 0.4) is 0 Å². The van der Waals surface area contributed by atoms with Crippen molar-refractivity contribution >= 4 is 17.7 Å². The summed E-state index contributed by atoms with van der Waals surface area (Å²) in [6.07, 6.45) is 4.92. The molecule has 8 heteroatoms. The molecule has 1 fully saturated rings. The van der Waals surface area contributed by atoms with Gasteiger partial charge in [0.15, 0.2) is 17.3 Å². The van der Waals surface area contributed by atoms with Gasteiger partial charge in [-0.3, -0.25) is 9.59 Å². The lowest BCUT2D eigenvalue weighted by atomic mass is 9.93. The van der Waals surface area contributed by atoms with E-state index in [-0.39, 0.29) is 31.1 Å². The molecule has 1 saturated carbocycles. The smallest absolute Gasteiger partial charge is 0.354 e. The van der Waals surface area contributed by atoms with Gasteiger partial charge in [0.1, 0.15) is 5.69 Å². The van der Waals surface area contributed by atoms with E-state index < -0.39 is 5.97 Å². The summed E-state index contributed by atoms with van der Waals surface area (Å²) in [7, 11) is 1.33. The fourth-order valence-corrected chi connectivity index (χ4v) is 5.25. The van der Waals surface area contributed by atoms with Crippen molar-refractivity contribution in [2.24, 2.45) is 0 Å². The Kier molecular flexibility index (Phi) is 6.95. The summed E-state index contributed by atoms with van der Waals surface area (Å²) in [5, 5.41) is 0. The summed E-state index contributed by atoms with van der Waals surface area (Å²) in [5.41, 5.74) is 2.65. The highest BCUT2D eigenvalue weighted by atomic mass is 16.7. The highest BCUT2D eigenvalue weighted by molar-refractivity contribution is 6.06. The normalized spacial score (nSPS) is 15.3. The zero-order valence-corrected chi connectivity index (χ0v) is 20.3. The lowest BCUT2D eigenvalue weighted by molar-refractivity contribution is 0.0584. The van der Waals surface area contributed by atoms with Crippen LogP contribution in [0, 0.1) is 13.8 Å². The number of hydrogen-bond donors (Lipinski definition) is 0. The molecule has 182 valence electrons. The van der Waals surface area contributed by atoms with Gasteiger partial charge in [-0.25, -0.2) is 4.79 Å². The molecule has 0 unspecified atom stereocenters. The van der Waals surface area contributed by atoms with Gasteiger partial charge in [0.2, 0.25) is 6.79 Å². The molecule has 1 aliphatic heterocycles. The minimum Gasteiger partial charge on any atom is -0.464 e. The van der Waals surface area contributed by atoms with Crippen LogP contribution in [0.1, 0.15) is 81.5 Å². The van der Waals surface area contributed by atoms with Crippen LogP contribution in [0.5, 0.6) is 11.5 Å². The molecule has 0 saturated heterocycles. The number of ketones is 1. The van der Waals surface area contributed by atoms with Crippen molar-refractivity contribution in [1.82, 2.24) is 9.47 Å². The number of ether oxygens (including phenoxy) is 3. The highest BCUT2D eigenvalue weighted by Gasteiger charge is 2.32. The third-order valence-corrected chi connectivity index (χ3v) is 6.95. The van der Waals surface area contributed by atoms with Crippen LogP contribution in [0.2, 0.25) is 0 Å². The monoisotopic (exact) mass is 468 g/mol. The lowest BCUT2D eigenvalue weighted by Crippen LogP contribution is -2.44. The summed E-state index contributed by atoms with van der Waals surface area (Å²) in [4.78, 5) is 41.4. The van der Waals surface area contributed by atoms with Crippen molar-refractivity contribution < 1.29 is 28.6 Å². The maximum absolute atomic E-state index is 13.7. The van der Waals surface area contributed by atoms with Crippen LogP contribution < -0.4 is 9.47 Å². The van der Waals surface area contributed by atoms with Gasteiger partial charge < -0.3 is 23.7 Å². The van der Waals surface area contributed by atoms with E-state index in [1.54, 1.807) is 34.6 Å². The Morgan fingerprint density at radius 2 is 1.79 bits per heavy atom. The molecule has 1 aromatic carbocycles. The molecule has 0 radical (unpaired) electrons. The number of nitrogens with zero attached hydrogens (tertiary/aromatic N) is 2. The standard InChI is InChI=1S/C26H32N2O6/c1-5-27-17(3)23(16(2)24(27)26(31)32-4)20(29)14-28(19-9-7-6-8-10-19)25(30)18-11-12-21-22(13-18)34-15-33-21/h11-13,19H,5-10,14-15H2,1-4H3. The first-order valence-corrected chi connectivity index (χ1v) is 11.9. The van der Waals surface area contributed by atoms with E-state index >= 15 is 0 Å². The number of Topliss-reactive ketones (excluding diaryl/α,β-unsaturated/α-hetero) is 1. The molecule has 1 amide bonds. The van der Waals surface area contributed by atoms with E-state index in [2.05, 4.69) is 0 Å². The van der Waals surface area contributed by atoms with E-state index in [0.717, 1.165) is 32.1 Å². The van der Waals surface area contributed by atoms with Crippen molar-refractivity contribution in [3.05, 3.63) is 46.3 Å². The van der Waals surface area contributed by atoms with Crippen LogP contribution in [0.4, 0.5) is 0 Å². The van der Waals surface area contributed by atoms with Gasteiger partial charge in [0.25, 0.3) is 5.91 Å². The number of methoxy groups -OCH3 is 1. The average molecular weight is 469 g/mol. The average Bonchev–Trinajstić information content (AvgIpc) is 3.42. The Hall–Kier alpha value is -3.29. The van der Waals surface area contributed by atoms with Gasteiger partial charge in [-0.15, -0.1) is 0 Å². The third-order valence-electron chi connectivity index (χ3n) is 6.95. The summed E-state index contributed by atoms with van der Waals surface area (Å²) >= 11 is 0. The van der Waals surface area contributed by atoms with E-state index in [1.807, 2.05) is 13.8 Å². The Balaban J connectivity index is 1.67. The topological polar surface area (TPSA) is 87.1 Å². The Labute approximate surface area is 199 Å². The maximum atomic E-state index is 13.7. The molecule has 34 heavy (non-hydrogen) atoms. The van der Waals surface area contributed by atoms with Gasteiger partial charge in [-0.1, -0.05) is 19.3 Å². The minimum atomic E-state index is -0.470. The highest BCUT2D eigenvalue weighted by Crippen LogP contribution is 2.34. The predicted molar refractivity (Wildman–Crippen MR) is 126 cm³/mol. The fraction of sp³-hybridized carbons (Fsp3) is 0.500. The third kappa shape index (κ3) is 4.29. The number of benzene rings is 1. The number of carbonyl (C=O) groups excluding carboxylic acids is 3. The summed E-state index contributed by atoms with van der Waals surface area (Å²) in [5.74, 6) is 0.306. The maximum Gasteiger partial charge on any atom is 0.354 e. The number of aromatic nitrogens is 1. The Morgan fingerprint density at radius 1 is 1.09 bits per heavy atom. The van der Waals surface area contributed by atoms with E-state index in [0.29, 0.717) is 46.1 Å². The van der Waals surface area contributed by atoms with Crippen LogP contribution in [0.15, 0.2) is 18.2 Å². The molecule has 1 aromatic heterocycles. The molecular formula is C26H32N2O6. The van der Waals surface area contributed by atoms with E-state index in [4.69, 9.17) is 14.2 Å². The van der Waals surface area contributed by atoms with Crippen molar-refractivity contribution in [2.45, 2.75) is 65.5 Å². The number of hydrogen-bond acceptors (Lipinski definition) is 6. The van der Waals surface area contributed by atoms with Crippen molar-refractivity contribution in [1.29, 1.82) is 0 Å².